The van der Waals surface area contributed by atoms with Crippen LogP contribution in [0.5, 0.6) is 0 Å². The van der Waals surface area contributed by atoms with Crippen molar-refractivity contribution in [3.05, 3.63) is 0 Å². The smallest absolute Gasteiger partial charge is 0.214 e. The number of hydrogen-bond acceptors (Lipinski definition) is 4. The van der Waals surface area contributed by atoms with Gasteiger partial charge in [-0.3, -0.25) is 4.90 Å². The lowest BCUT2D eigenvalue weighted by atomic mass is 10.1. The van der Waals surface area contributed by atoms with Crippen molar-refractivity contribution >= 4 is 10.0 Å². The van der Waals surface area contributed by atoms with Gasteiger partial charge in [-0.05, 0) is 25.8 Å². The first kappa shape index (κ1) is 11.3. The Morgan fingerprint density at radius 2 is 2.13 bits per heavy atom. The lowest BCUT2D eigenvalue weighted by Crippen LogP contribution is -2.43. The van der Waals surface area contributed by atoms with Crippen LogP contribution in [0.15, 0.2) is 0 Å². The van der Waals surface area contributed by atoms with E-state index in [0.717, 1.165) is 25.9 Å². The third kappa shape index (κ3) is 2.50. The largest absolute Gasteiger partial charge is 0.395 e. The number of nitrogens with zero attached hydrogens (tertiary/aromatic N) is 1. The maximum Gasteiger partial charge on any atom is 0.214 e. The molecule has 2 heterocycles. The van der Waals surface area contributed by atoms with Crippen LogP contribution in [0.2, 0.25) is 0 Å². The molecule has 5 nitrogen and oxygen atoms in total. The van der Waals surface area contributed by atoms with Crippen LogP contribution in [0, 0.1) is 0 Å². The Hall–Kier alpha value is -0.170. The van der Waals surface area contributed by atoms with E-state index in [0.29, 0.717) is 6.04 Å². The maximum absolute atomic E-state index is 11.5. The average Bonchev–Trinajstić information content (AvgIpc) is 2.69. The molecule has 0 radical (unpaired) electrons. The molecule has 0 aromatic carbocycles. The Kier molecular flexibility index (Phi) is 3.30. The topological polar surface area (TPSA) is 69.6 Å². The van der Waals surface area contributed by atoms with Gasteiger partial charge in [-0.2, -0.15) is 0 Å². The minimum atomic E-state index is -3.28. The van der Waals surface area contributed by atoms with E-state index in [1.165, 1.54) is 6.42 Å². The Balaban J connectivity index is 1.95. The SMILES string of the molecule is O=S(=O)(CCO)NC1CCN2CCCC12. The molecule has 0 aliphatic carbocycles. The van der Waals surface area contributed by atoms with Gasteiger partial charge in [0, 0.05) is 18.6 Å². The van der Waals surface area contributed by atoms with Gasteiger partial charge < -0.3 is 5.11 Å². The summed E-state index contributed by atoms with van der Waals surface area (Å²) < 4.78 is 25.7. The van der Waals surface area contributed by atoms with Crippen molar-refractivity contribution in [2.24, 2.45) is 0 Å². The van der Waals surface area contributed by atoms with Crippen LogP contribution >= 0.6 is 0 Å². The van der Waals surface area contributed by atoms with E-state index in [9.17, 15) is 8.42 Å². The number of nitrogens with one attached hydrogen (secondary N) is 1. The van der Waals surface area contributed by atoms with E-state index >= 15 is 0 Å². The van der Waals surface area contributed by atoms with Gasteiger partial charge in [0.1, 0.15) is 0 Å². The highest BCUT2D eigenvalue weighted by molar-refractivity contribution is 7.89. The van der Waals surface area contributed by atoms with Crippen LogP contribution in [0.4, 0.5) is 0 Å². The minimum absolute atomic E-state index is 0.0593. The summed E-state index contributed by atoms with van der Waals surface area (Å²) in [5, 5.41) is 8.63. The summed E-state index contributed by atoms with van der Waals surface area (Å²) in [7, 11) is -3.28. The van der Waals surface area contributed by atoms with Crippen molar-refractivity contribution in [1.29, 1.82) is 0 Å². The van der Waals surface area contributed by atoms with Crippen LogP contribution < -0.4 is 4.72 Å². The zero-order chi connectivity index (χ0) is 10.9. The highest BCUT2D eigenvalue weighted by Crippen LogP contribution is 2.28. The van der Waals surface area contributed by atoms with Crippen molar-refractivity contribution in [2.45, 2.75) is 31.3 Å². The predicted molar refractivity (Wildman–Crippen MR) is 57.0 cm³/mol. The standard InChI is InChI=1S/C9H18N2O3S/c12-6-7-15(13,14)10-8-3-5-11-4-1-2-9(8)11/h8-10,12H,1-7H2. The molecule has 0 spiro atoms. The van der Waals surface area contributed by atoms with Crippen molar-refractivity contribution in [3.8, 4) is 0 Å². The fourth-order valence-corrected chi connectivity index (χ4v) is 3.72. The van der Waals surface area contributed by atoms with Crippen LogP contribution in [-0.4, -0.2) is 56.0 Å². The number of aliphatic hydroxyl groups is 1. The van der Waals surface area contributed by atoms with Crippen LogP contribution in [0.25, 0.3) is 0 Å². The molecular formula is C9H18N2O3S. The lowest BCUT2D eigenvalue weighted by Gasteiger charge is -2.20. The van der Waals surface area contributed by atoms with Gasteiger partial charge in [0.25, 0.3) is 0 Å². The van der Waals surface area contributed by atoms with Gasteiger partial charge in [-0.1, -0.05) is 0 Å². The van der Waals surface area contributed by atoms with Gasteiger partial charge in [0.2, 0.25) is 10.0 Å². The number of rotatable bonds is 4. The molecule has 2 atom stereocenters. The summed E-state index contributed by atoms with van der Waals surface area (Å²) in [6.45, 7) is 1.79. The first-order chi connectivity index (χ1) is 7.12. The number of sulfonamides is 1. The Morgan fingerprint density at radius 3 is 2.87 bits per heavy atom. The average molecular weight is 234 g/mol. The summed E-state index contributed by atoms with van der Waals surface area (Å²) in [6, 6.07) is 0.447. The normalized spacial score (nSPS) is 32.1. The first-order valence-electron chi connectivity index (χ1n) is 5.47. The third-order valence-electron chi connectivity index (χ3n) is 3.30. The molecule has 2 saturated heterocycles. The zero-order valence-electron chi connectivity index (χ0n) is 8.72. The Morgan fingerprint density at radius 1 is 1.33 bits per heavy atom. The number of hydrogen-bond donors (Lipinski definition) is 2. The minimum Gasteiger partial charge on any atom is -0.395 e. The summed E-state index contributed by atoms with van der Waals surface area (Å²) in [5.41, 5.74) is 0. The third-order valence-corrected chi connectivity index (χ3v) is 4.68. The van der Waals surface area contributed by atoms with Gasteiger partial charge >= 0.3 is 0 Å². The molecule has 2 unspecified atom stereocenters. The van der Waals surface area contributed by atoms with E-state index in [-0.39, 0.29) is 18.4 Å². The van der Waals surface area contributed by atoms with Crippen molar-refractivity contribution in [3.63, 3.8) is 0 Å². The molecule has 2 N–H and O–H groups in total. The van der Waals surface area contributed by atoms with Crippen molar-refractivity contribution in [1.82, 2.24) is 9.62 Å². The summed E-state index contributed by atoms with van der Waals surface area (Å²) in [5.74, 6) is -0.184. The molecule has 0 aromatic rings. The fourth-order valence-electron chi connectivity index (χ4n) is 2.63. The van der Waals surface area contributed by atoms with E-state index in [1.807, 2.05) is 0 Å². The number of aliphatic hydroxyl groups excluding tert-OH is 1. The van der Waals surface area contributed by atoms with Crippen molar-refractivity contribution in [2.75, 3.05) is 25.4 Å². The van der Waals surface area contributed by atoms with E-state index < -0.39 is 10.0 Å². The predicted octanol–water partition coefficient (Wildman–Crippen LogP) is -0.865. The second-order valence-corrected chi connectivity index (χ2v) is 6.17. The molecular weight excluding hydrogens is 216 g/mol. The highest BCUT2D eigenvalue weighted by atomic mass is 32.2. The van der Waals surface area contributed by atoms with Gasteiger partial charge in [-0.25, -0.2) is 13.1 Å². The molecule has 0 aromatic heterocycles. The fraction of sp³-hybridized carbons (Fsp3) is 1.00. The van der Waals surface area contributed by atoms with Gasteiger partial charge in [0.05, 0.1) is 12.4 Å². The lowest BCUT2D eigenvalue weighted by molar-refractivity contribution is 0.306. The van der Waals surface area contributed by atoms with Crippen LogP contribution in [-0.2, 0) is 10.0 Å². The molecule has 2 rings (SSSR count). The Labute approximate surface area is 90.5 Å². The highest BCUT2D eigenvalue weighted by Gasteiger charge is 2.38. The molecule has 0 bridgehead atoms. The molecule has 0 amide bonds. The second-order valence-electron chi connectivity index (χ2n) is 4.30. The maximum atomic E-state index is 11.5. The molecule has 15 heavy (non-hydrogen) atoms. The zero-order valence-corrected chi connectivity index (χ0v) is 9.54. The molecule has 2 aliphatic heterocycles. The molecule has 88 valence electrons. The van der Waals surface area contributed by atoms with E-state index in [2.05, 4.69) is 9.62 Å². The summed E-state index contributed by atoms with van der Waals surface area (Å²) >= 11 is 0. The van der Waals surface area contributed by atoms with Gasteiger partial charge in [0.15, 0.2) is 0 Å². The van der Waals surface area contributed by atoms with Crippen molar-refractivity contribution < 1.29 is 13.5 Å². The summed E-state index contributed by atoms with van der Waals surface area (Å²) in [6.07, 6.45) is 3.16. The van der Waals surface area contributed by atoms with E-state index in [4.69, 9.17) is 5.11 Å². The second kappa shape index (κ2) is 4.37. The van der Waals surface area contributed by atoms with E-state index in [1.54, 1.807) is 0 Å². The first-order valence-corrected chi connectivity index (χ1v) is 7.12. The quantitative estimate of drug-likeness (QED) is 0.664. The molecule has 0 saturated carbocycles. The number of fused-ring (bicyclic) bond motifs is 1. The van der Waals surface area contributed by atoms with Gasteiger partial charge in [-0.15, -0.1) is 0 Å². The summed E-state index contributed by atoms with van der Waals surface area (Å²) in [4.78, 5) is 2.35. The molecule has 2 fully saturated rings. The monoisotopic (exact) mass is 234 g/mol. The molecule has 2 aliphatic rings. The Bertz CT molecular complexity index is 317. The molecule has 6 heteroatoms. The van der Waals surface area contributed by atoms with Crippen LogP contribution in [0.3, 0.4) is 0 Å². The van der Waals surface area contributed by atoms with Crippen LogP contribution in [0.1, 0.15) is 19.3 Å².